The zero-order valence-electron chi connectivity index (χ0n) is 22.3. The molecule has 0 radical (unpaired) electrons. The van der Waals surface area contributed by atoms with Gasteiger partial charge in [0.15, 0.2) is 5.11 Å². The Balaban J connectivity index is 0.000000298. The van der Waals surface area contributed by atoms with Crippen LogP contribution in [0.15, 0.2) is 64.4 Å². The van der Waals surface area contributed by atoms with Crippen LogP contribution in [0.2, 0.25) is 0 Å². The van der Waals surface area contributed by atoms with E-state index in [0.717, 1.165) is 22.7 Å². The van der Waals surface area contributed by atoms with Gasteiger partial charge in [0.25, 0.3) is 5.91 Å². The minimum atomic E-state index is -4.76. The van der Waals surface area contributed by atoms with Crippen LogP contribution in [0.5, 0.6) is 0 Å². The molecule has 10 nitrogen and oxygen atoms in total. The number of nitriles is 2. The Labute approximate surface area is 237 Å². The van der Waals surface area contributed by atoms with E-state index in [-0.39, 0.29) is 21.9 Å². The molecule has 212 valence electrons. The fourth-order valence-corrected chi connectivity index (χ4v) is 4.40. The van der Waals surface area contributed by atoms with Gasteiger partial charge in [0.1, 0.15) is 11.1 Å². The van der Waals surface area contributed by atoms with Crippen LogP contribution in [-0.4, -0.2) is 32.1 Å². The first kappa shape index (κ1) is 30.6. The number of H-pyrrole nitrogens is 2. The lowest BCUT2D eigenvalue weighted by molar-refractivity contribution is -0.137. The zero-order valence-corrected chi connectivity index (χ0v) is 23.1. The molecular weight excluding hydrogens is 559 g/mol. The summed E-state index contributed by atoms with van der Waals surface area (Å²) >= 11 is 5.38. The third-order valence-corrected chi connectivity index (χ3v) is 6.27. The summed E-state index contributed by atoms with van der Waals surface area (Å²) in [7, 11) is 0. The summed E-state index contributed by atoms with van der Waals surface area (Å²) < 4.78 is 39.9. The molecule has 1 saturated heterocycles. The molecule has 1 fully saturated rings. The predicted molar refractivity (Wildman–Crippen MR) is 150 cm³/mol. The van der Waals surface area contributed by atoms with Crippen molar-refractivity contribution in [3.05, 3.63) is 86.7 Å². The van der Waals surface area contributed by atoms with E-state index in [9.17, 15) is 27.6 Å². The number of halogens is 3. The van der Waals surface area contributed by atoms with Crippen molar-refractivity contribution >= 4 is 40.3 Å². The van der Waals surface area contributed by atoms with Crippen LogP contribution in [0.25, 0.3) is 0 Å². The number of alkyl halides is 3. The lowest BCUT2D eigenvalue weighted by atomic mass is 10.0. The van der Waals surface area contributed by atoms with Crippen LogP contribution < -0.4 is 26.2 Å². The van der Waals surface area contributed by atoms with Gasteiger partial charge in [-0.2, -0.15) is 23.7 Å². The Morgan fingerprint density at radius 2 is 1.51 bits per heavy atom. The number of rotatable bonds is 4. The predicted octanol–water partition coefficient (Wildman–Crippen LogP) is 4.27. The molecule has 3 heterocycles. The number of hydrogen-bond donors (Lipinski definition) is 3. The Morgan fingerprint density at radius 1 is 0.927 bits per heavy atom. The molecule has 0 bridgehead atoms. The third-order valence-electron chi connectivity index (χ3n) is 5.90. The van der Waals surface area contributed by atoms with Gasteiger partial charge >= 0.3 is 6.18 Å². The molecule has 1 amide bonds. The second-order valence-electron chi connectivity index (χ2n) is 9.87. The van der Waals surface area contributed by atoms with Gasteiger partial charge in [-0.1, -0.05) is 0 Å². The fourth-order valence-electron chi connectivity index (χ4n) is 3.88. The minimum absolute atomic E-state index is 0.0418. The SMILES string of the molecule is CC(C)(C#N)Nc1ccc(=O)[nH]c1.CC1(C)C(=O)N(c2ccc(C#N)c(C(F)(F)F)c2)C(=S)N1c1ccc(=O)[nH]c1. The minimum Gasteiger partial charge on any atom is -0.367 e. The van der Waals surface area contributed by atoms with E-state index < -0.39 is 34.3 Å². The molecule has 41 heavy (non-hydrogen) atoms. The molecule has 1 aromatic carbocycles. The van der Waals surface area contributed by atoms with Crippen LogP contribution in [0.3, 0.4) is 0 Å². The Bertz CT molecular complexity index is 1660. The highest BCUT2D eigenvalue weighted by atomic mass is 32.1. The average Bonchev–Trinajstić information content (AvgIpc) is 3.08. The number of benzene rings is 1. The highest BCUT2D eigenvalue weighted by Gasteiger charge is 2.50. The largest absolute Gasteiger partial charge is 0.417 e. The Morgan fingerprint density at radius 3 is 2.00 bits per heavy atom. The van der Waals surface area contributed by atoms with Gasteiger partial charge in [-0.3, -0.25) is 19.3 Å². The smallest absolute Gasteiger partial charge is 0.367 e. The van der Waals surface area contributed by atoms with E-state index >= 15 is 0 Å². The second kappa shape index (κ2) is 11.3. The van der Waals surface area contributed by atoms with Crippen molar-refractivity contribution in [1.29, 1.82) is 10.5 Å². The van der Waals surface area contributed by atoms with Crippen molar-refractivity contribution in [3.8, 4) is 12.1 Å². The van der Waals surface area contributed by atoms with Crippen LogP contribution in [0.4, 0.5) is 30.2 Å². The number of pyridine rings is 2. The van der Waals surface area contributed by atoms with Gasteiger partial charge in [-0.15, -0.1) is 0 Å². The first-order valence-corrected chi connectivity index (χ1v) is 12.3. The van der Waals surface area contributed by atoms with E-state index in [4.69, 9.17) is 22.7 Å². The van der Waals surface area contributed by atoms with Gasteiger partial charge < -0.3 is 20.2 Å². The molecule has 14 heteroatoms. The van der Waals surface area contributed by atoms with Crippen LogP contribution >= 0.6 is 12.2 Å². The molecule has 0 atom stereocenters. The number of aromatic amines is 2. The first-order valence-electron chi connectivity index (χ1n) is 11.9. The average molecular weight is 584 g/mol. The normalized spacial score (nSPS) is 14.6. The summed E-state index contributed by atoms with van der Waals surface area (Å²) in [5, 5.41) is 20.6. The molecule has 0 saturated carbocycles. The van der Waals surface area contributed by atoms with Crippen molar-refractivity contribution in [3.63, 3.8) is 0 Å². The maximum Gasteiger partial charge on any atom is 0.417 e. The van der Waals surface area contributed by atoms with Gasteiger partial charge in [-0.25, -0.2) is 0 Å². The van der Waals surface area contributed by atoms with Crippen molar-refractivity contribution in [2.24, 2.45) is 0 Å². The molecule has 1 aliphatic rings. The summed E-state index contributed by atoms with van der Waals surface area (Å²) in [5.41, 5.74) is -2.99. The van der Waals surface area contributed by atoms with Gasteiger partial charge in [0.05, 0.1) is 40.3 Å². The molecule has 3 N–H and O–H groups in total. The molecule has 0 aliphatic carbocycles. The second-order valence-corrected chi connectivity index (χ2v) is 10.2. The molecule has 4 rings (SSSR count). The number of nitrogens with one attached hydrogen (secondary N) is 3. The van der Waals surface area contributed by atoms with Crippen molar-refractivity contribution in [2.75, 3.05) is 15.1 Å². The summed E-state index contributed by atoms with van der Waals surface area (Å²) in [4.78, 5) is 42.4. The molecule has 1 aliphatic heterocycles. The maximum absolute atomic E-state index is 13.3. The molecule has 0 spiro atoms. The number of thiocarbonyl (C=S) groups is 1. The lowest BCUT2D eigenvalue weighted by Crippen LogP contribution is -2.44. The first-order chi connectivity index (χ1) is 19.0. The quantitative estimate of drug-likeness (QED) is 0.386. The third kappa shape index (κ3) is 6.62. The standard InChI is InChI=1S/C18H13F3N4O2S.C9H11N3O/c1-17(2)15(27)24(16(28)25(17)12-5-6-14(26)23-9-12)11-4-3-10(8-22)13(7-11)18(19,20)21;1-9(2,6-10)12-7-3-4-8(13)11-5-7/h3-7,9H,1-2H3,(H,23,26);3-5,12H,1-2H3,(H,11,13). The number of amides is 1. The number of carbonyl (C=O) groups excluding carboxylic acids is 1. The van der Waals surface area contributed by atoms with Crippen molar-refractivity contribution in [1.82, 2.24) is 9.97 Å². The van der Waals surface area contributed by atoms with Crippen LogP contribution in [-0.2, 0) is 11.0 Å². The Kier molecular flexibility index (Phi) is 8.41. The Hall–Kier alpha value is -4.95. The zero-order chi connectivity index (χ0) is 30.8. The lowest BCUT2D eigenvalue weighted by Gasteiger charge is -2.29. The number of hydrogen-bond acceptors (Lipinski definition) is 7. The van der Waals surface area contributed by atoms with Gasteiger partial charge in [0, 0.05) is 24.5 Å². The van der Waals surface area contributed by atoms with E-state index in [1.54, 1.807) is 40.0 Å². The number of aromatic nitrogens is 2. The summed E-state index contributed by atoms with van der Waals surface area (Å²) in [6.07, 6.45) is -1.85. The number of nitrogens with zero attached hydrogens (tertiary/aromatic N) is 4. The summed E-state index contributed by atoms with van der Waals surface area (Å²) in [6, 6.07) is 12.3. The topological polar surface area (TPSA) is 149 Å². The van der Waals surface area contributed by atoms with Crippen LogP contribution in [0, 0.1) is 22.7 Å². The van der Waals surface area contributed by atoms with E-state index in [2.05, 4.69) is 21.4 Å². The van der Waals surface area contributed by atoms with E-state index in [1.807, 2.05) is 0 Å². The number of carbonyl (C=O) groups is 1. The van der Waals surface area contributed by atoms with Crippen molar-refractivity contribution < 1.29 is 18.0 Å². The fraction of sp³-hybridized carbons (Fsp3) is 0.259. The van der Waals surface area contributed by atoms with Gasteiger partial charge in [-0.05, 0) is 70.2 Å². The maximum atomic E-state index is 13.3. The molecule has 0 unspecified atom stereocenters. The van der Waals surface area contributed by atoms with Gasteiger partial charge in [0.2, 0.25) is 11.1 Å². The number of anilines is 3. The monoisotopic (exact) mass is 583 g/mol. The van der Waals surface area contributed by atoms with Crippen LogP contribution in [0.1, 0.15) is 38.8 Å². The molecular formula is C27H24F3N7O3S. The molecule has 3 aromatic rings. The summed E-state index contributed by atoms with van der Waals surface area (Å²) in [6.45, 7) is 6.67. The highest BCUT2D eigenvalue weighted by molar-refractivity contribution is 7.81. The van der Waals surface area contributed by atoms with E-state index in [0.29, 0.717) is 5.69 Å². The van der Waals surface area contributed by atoms with E-state index in [1.165, 1.54) is 41.4 Å². The van der Waals surface area contributed by atoms with Crippen molar-refractivity contribution in [2.45, 2.75) is 44.9 Å². The summed E-state index contributed by atoms with van der Waals surface area (Å²) in [5.74, 6) is -0.540. The highest BCUT2D eigenvalue weighted by Crippen LogP contribution is 2.39. The molecule has 2 aromatic heterocycles.